The number of hydrogen-bond acceptors (Lipinski definition) is 6. The molecule has 0 unspecified atom stereocenters. The van der Waals surface area contributed by atoms with E-state index in [1.54, 1.807) is 4.90 Å². The summed E-state index contributed by atoms with van der Waals surface area (Å²) in [6, 6.07) is 0. The molecule has 0 spiro atoms. The number of hydrogen-bond donors (Lipinski definition) is 2. The van der Waals surface area contributed by atoms with Crippen molar-refractivity contribution < 1.29 is 9.90 Å². The highest BCUT2D eigenvalue weighted by molar-refractivity contribution is 7.18. The van der Waals surface area contributed by atoms with Crippen molar-refractivity contribution in [2.75, 3.05) is 44.4 Å². The number of rotatable bonds is 7. The molecule has 1 aromatic heterocycles. The van der Waals surface area contributed by atoms with Crippen molar-refractivity contribution >= 4 is 28.2 Å². The van der Waals surface area contributed by atoms with Gasteiger partial charge in [0.15, 0.2) is 5.13 Å². The number of aliphatic hydroxyl groups is 1. The summed E-state index contributed by atoms with van der Waals surface area (Å²) in [5.74, 6) is 0.115. The van der Waals surface area contributed by atoms with E-state index in [2.05, 4.69) is 11.9 Å². The third-order valence-electron chi connectivity index (χ3n) is 2.66. The summed E-state index contributed by atoms with van der Waals surface area (Å²) < 4.78 is 0. The van der Waals surface area contributed by atoms with Gasteiger partial charge in [-0.1, -0.05) is 24.7 Å². The molecular formula is C12H22N4O2S. The lowest BCUT2D eigenvalue weighted by Gasteiger charge is -2.20. The molecule has 6 nitrogen and oxygen atoms in total. The minimum absolute atomic E-state index is 0.0469. The highest BCUT2D eigenvalue weighted by Crippen LogP contribution is 2.27. The summed E-state index contributed by atoms with van der Waals surface area (Å²) in [5.41, 5.74) is 5.81. The fraction of sp³-hybridized carbons (Fsp3) is 0.667. The molecule has 108 valence electrons. The zero-order valence-corrected chi connectivity index (χ0v) is 12.5. The van der Waals surface area contributed by atoms with Crippen LogP contribution in [0.5, 0.6) is 0 Å². The molecule has 7 heteroatoms. The highest BCUT2D eigenvalue weighted by atomic mass is 32.1. The quantitative estimate of drug-likeness (QED) is 0.782. The summed E-state index contributed by atoms with van der Waals surface area (Å²) >= 11 is 1.28. The second kappa shape index (κ2) is 7.30. The molecule has 0 bridgehead atoms. The normalized spacial score (nSPS) is 10.5. The van der Waals surface area contributed by atoms with Crippen LogP contribution in [0.2, 0.25) is 0 Å². The Balaban J connectivity index is 2.89. The maximum Gasteiger partial charge on any atom is 0.267 e. The van der Waals surface area contributed by atoms with Crippen molar-refractivity contribution in [2.24, 2.45) is 0 Å². The first-order chi connectivity index (χ1) is 9.01. The third-order valence-corrected chi connectivity index (χ3v) is 3.88. The van der Waals surface area contributed by atoms with Crippen molar-refractivity contribution in [1.82, 2.24) is 9.88 Å². The largest absolute Gasteiger partial charge is 0.395 e. The van der Waals surface area contributed by atoms with E-state index >= 15 is 0 Å². The van der Waals surface area contributed by atoms with Crippen LogP contribution in [0.25, 0.3) is 0 Å². The first-order valence-electron chi connectivity index (χ1n) is 6.35. The number of aromatic nitrogens is 1. The lowest BCUT2D eigenvalue weighted by Crippen LogP contribution is -2.34. The summed E-state index contributed by atoms with van der Waals surface area (Å²) in [6.45, 7) is 2.97. The molecule has 1 rings (SSSR count). The van der Waals surface area contributed by atoms with Crippen LogP contribution in [-0.2, 0) is 0 Å². The second-order valence-corrected chi connectivity index (χ2v) is 5.45. The summed E-state index contributed by atoms with van der Waals surface area (Å²) in [6.07, 6.45) is 1.90. The Labute approximate surface area is 117 Å². The van der Waals surface area contributed by atoms with Gasteiger partial charge < -0.3 is 20.6 Å². The van der Waals surface area contributed by atoms with Gasteiger partial charge in [0.05, 0.1) is 6.61 Å². The molecular weight excluding hydrogens is 264 g/mol. The molecule has 0 radical (unpaired) electrons. The highest BCUT2D eigenvalue weighted by Gasteiger charge is 2.22. The number of carbonyl (C=O) groups excluding carboxylic acids is 1. The fourth-order valence-electron chi connectivity index (χ4n) is 1.59. The molecule has 0 saturated heterocycles. The Morgan fingerprint density at radius 3 is 2.58 bits per heavy atom. The zero-order valence-electron chi connectivity index (χ0n) is 11.7. The van der Waals surface area contributed by atoms with Gasteiger partial charge in [-0.3, -0.25) is 4.79 Å². The van der Waals surface area contributed by atoms with Crippen molar-refractivity contribution in [2.45, 2.75) is 19.8 Å². The van der Waals surface area contributed by atoms with E-state index in [0.29, 0.717) is 23.1 Å². The second-order valence-electron chi connectivity index (χ2n) is 4.47. The van der Waals surface area contributed by atoms with Gasteiger partial charge in [-0.05, 0) is 6.42 Å². The van der Waals surface area contributed by atoms with Gasteiger partial charge in [0.2, 0.25) is 0 Å². The summed E-state index contributed by atoms with van der Waals surface area (Å²) in [7, 11) is 3.71. The maximum atomic E-state index is 12.4. The van der Waals surface area contributed by atoms with E-state index < -0.39 is 0 Å². The molecule has 1 amide bonds. The van der Waals surface area contributed by atoms with Crippen LogP contribution in [0.3, 0.4) is 0 Å². The number of nitrogens with zero attached hydrogens (tertiary/aromatic N) is 3. The number of aliphatic hydroxyl groups excluding tert-OH is 1. The number of nitrogens with two attached hydrogens (primary N) is 1. The minimum atomic E-state index is -0.148. The monoisotopic (exact) mass is 286 g/mol. The standard InChI is InChI=1S/C12H22N4O2S/c1-4-5-6-16(7-8-17)11(18)9-10(13)14-12(19-9)15(2)3/h17H,4-8,13H2,1-3H3. The molecule has 1 aromatic rings. The van der Waals surface area contributed by atoms with Gasteiger partial charge in [0.1, 0.15) is 10.7 Å². The van der Waals surface area contributed by atoms with Gasteiger partial charge in [0, 0.05) is 27.2 Å². The van der Waals surface area contributed by atoms with Crippen molar-refractivity contribution in [3.63, 3.8) is 0 Å². The van der Waals surface area contributed by atoms with Crippen LogP contribution in [-0.4, -0.2) is 54.7 Å². The third kappa shape index (κ3) is 4.07. The zero-order chi connectivity index (χ0) is 14.4. The summed E-state index contributed by atoms with van der Waals surface area (Å²) in [4.78, 5) is 20.5. The Kier molecular flexibility index (Phi) is 6.04. The molecule has 0 aliphatic heterocycles. The Morgan fingerprint density at radius 1 is 1.42 bits per heavy atom. The van der Waals surface area contributed by atoms with Crippen LogP contribution in [0.4, 0.5) is 10.9 Å². The van der Waals surface area contributed by atoms with Crippen LogP contribution in [0.1, 0.15) is 29.4 Å². The molecule has 3 N–H and O–H groups in total. The van der Waals surface area contributed by atoms with Gasteiger partial charge in [-0.25, -0.2) is 4.98 Å². The number of amides is 1. The lowest BCUT2D eigenvalue weighted by atomic mass is 10.3. The average Bonchev–Trinajstić information content (AvgIpc) is 2.76. The topological polar surface area (TPSA) is 82.7 Å². The molecule has 0 aromatic carbocycles. The molecule has 0 atom stereocenters. The SMILES string of the molecule is CCCCN(CCO)C(=O)c1sc(N(C)C)nc1N. The van der Waals surface area contributed by atoms with Gasteiger partial charge in [-0.2, -0.15) is 0 Å². The smallest absolute Gasteiger partial charge is 0.267 e. The van der Waals surface area contributed by atoms with E-state index in [-0.39, 0.29) is 18.3 Å². The van der Waals surface area contributed by atoms with Crippen LogP contribution in [0.15, 0.2) is 0 Å². The van der Waals surface area contributed by atoms with E-state index in [1.165, 1.54) is 11.3 Å². The van der Waals surface area contributed by atoms with E-state index in [9.17, 15) is 4.79 Å². The minimum Gasteiger partial charge on any atom is -0.395 e. The van der Waals surface area contributed by atoms with E-state index in [4.69, 9.17) is 10.8 Å². The van der Waals surface area contributed by atoms with Gasteiger partial charge in [-0.15, -0.1) is 0 Å². The molecule has 0 aliphatic carbocycles. The first kappa shape index (κ1) is 15.7. The van der Waals surface area contributed by atoms with E-state index in [0.717, 1.165) is 12.8 Å². The fourth-order valence-corrected chi connectivity index (χ4v) is 2.47. The maximum absolute atomic E-state index is 12.4. The molecule has 0 aliphatic rings. The Hall–Kier alpha value is -1.34. The van der Waals surface area contributed by atoms with Gasteiger partial charge in [0.25, 0.3) is 5.91 Å². The van der Waals surface area contributed by atoms with Crippen molar-refractivity contribution in [1.29, 1.82) is 0 Å². The molecule has 0 fully saturated rings. The average molecular weight is 286 g/mol. The van der Waals surface area contributed by atoms with Crippen LogP contribution in [0, 0.1) is 0 Å². The number of unbranched alkanes of at least 4 members (excludes halogenated alkanes) is 1. The number of carbonyl (C=O) groups is 1. The van der Waals surface area contributed by atoms with E-state index in [1.807, 2.05) is 19.0 Å². The molecule has 0 saturated carbocycles. The number of nitrogen functional groups attached to an aromatic ring is 1. The number of thiazole rings is 1. The predicted molar refractivity (Wildman–Crippen MR) is 78.8 cm³/mol. The lowest BCUT2D eigenvalue weighted by molar-refractivity contribution is 0.0725. The molecule has 1 heterocycles. The number of anilines is 2. The van der Waals surface area contributed by atoms with Gasteiger partial charge >= 0.3 is 0 Å². The van der Waals surface area contributed by atoms with Crippen molar-refractivity contribution in [3.8, 4) is 0 Å². The Morgan fingerprint density at radius 2 is 2.11 bits per heavy atom. The van der Waals surface area contributed by atoms with Crippen LogP contribution >= 0.6 is 11.3 Å². The summed E-state index contributed by atoms with van der Waals surface area (Å²) in [5, 5.41) is 9.76. The molecule has 19 heavy (non-hydrogen) atoms. The predicted octanol–water partition coefficient (Wildman–Crippen LogP) is 1.03. The first-order valence-corrected chi connectivity index (χ1v) is 7.16. The van der Waals surface area contributed by atoms with Crippen LogP contribution < -0.4 is 10.6 Å². The Bertz CT molecular complexity index is 420. The van der Waals surface area contributed by atoms with Crippen molar-refractivity contribution in [3.05, 3.63) is 4.88 Å².